The monoisotopic (exact) mass is 214 g/mol. The van der Waals surface area contributed by atoms with Gasteiger partial charge in [0.2, 0.25) is 0 Å². The molecule has 0 aromatic rings. The lowest BCUT2D eigenvalue weighted by Gasteiger charge is -2.38. The molecule has 4 heteroatoms. The van der Waals surface area contributed by atoms with E-state index >= 15 is 0 Å². The van der Waals surface area contributed by atoms with Gasteiger partial charge in [0.25, 0.3) is 0 Å². The molecule has 0 bridgehead atoms. The maximum atomic E-state index is 11.7. The van der Waals surface area contributed by atoms with E-state index in [2.05, 4.69) is 24.1 Å². The molecule has 0 radical (unpaired) electrons. The molecular weight excluding hydrogens is 192 g/mol. The molecule has 15 heavy (non-hydrogen) atoms. The zero-order valence-electron chi connectivity index (χ0n) is 9.95. The summed E-state index contributed by atoms with van der Waals surface area (Å²) in [6.07, 6.45) is 1.07. The molecule has 1 saturated heterocycles. The SMILES string of the molecule is CCOC(=O)C1CNCCN1C(C)CC. The smallest absolute Gasteiger partial charge is 0.324 e. The zero-order chi connectivity index (χ0) is 11.3. The molecule has 2 unspecified atom stereocenters. The number of nitrogens with one attached hydrogen (secondary N) is 1. The molecule has 1 heterocycles. The van der Waals surface area contributed by atoms with E-state index in [0.717, 1.165) is 19.5 Å². The van der Waals surface area contributed by atoms with Gasteiger partial charge in [-0.3, -0.25) is 9.69 Å². The Labute approximate surface area is 92.0 Å². The van der Waals surface area contributed by atoms with Crippen LogP contribution in [0.15, 0.2) is 0 Å². The van der Waals surface area contributed by atoms with Crippen LogP contribution in [0.5, 0.6) is 0 Å². The van der Waals surface area contributed by atoms with Crippen molar-refractivity contribution >= 4 is 5.97 Å². The van der Waals surface area contributed by atoms with Gasteiger partial charge in [0.15, 0.2) is 0 Å². The topological polar surface area (TPSA) is 41.6 Å². The van der Waals surface area contributed by atoms with Crippen LogP contribution in [0.25, 0.3) is 0 Å². The molecule has 1 rings (SSSR count). The lowest BCUT2D eigenvalue weighted by Crippen LogP contribution is -2.58. The lowest BCUT2D eigenvalue weighted by atomic mass is 10.1. The van der Waals surface area contributed by atoms with Gasteiger partial charge in [0.05, 0.1) is 6.61 Å². The van der Waals surface area contributed by atoms with Crippen LogP contribution in [0.1, 0.15) is 27.2 Å². The highest BCUT2D eigenvalue weighted by atomic mass is 16.5. The molecule has 4 nitrogen and oxygen atoms in total. The number of ether oxygens (including phenoxy) is 1. The minimum absolute atomic E-state index is 0.0926. The van der Waals surface area contributed by atoms with Crippen molar-refractivity contribution in [2.24, 2.45) is 0 Å². The Balaban J connectivity index is 2.60. The molecule has 1 fully saturated rings. The highest BCUT2D eigenvalue weighted by molar-refractivity contribution is 5.76. The fourth-order valence-corrected chi connectivity index (χ4v) is 1.94. The summed E-state index contributed by atoms with van der Waals surface area (Å²) in [6.45, 7) is 9.22. The standard InChI is InChI=1S/C11H22N2O2/c1-4-9(3)13-7-6-12-8-10(13)11(14)15-5-2/h9-10,12H,4-8H2,1-3H3. The van der Waals surface area contributed by atoms with Gasteiger partial charge in [0, 0.05) is 25.7 Å². The van der Waals surface area contributed by atoms with Crippen LogP contribution in [0.4, 0.5) is 0 Å². The third kappa shape index (κ3) is 3.18. The molecule has 0 saturated carbocycles. The van der Waals surface area contributed by atoms with E-state index in [4.69, 9.17) is 4.74 Å². The molecular formula is C11H22N2O2. The third-order valence-electron chi connectivity index (χ3n) is 3.00. The minimum Gasteiger partial charge on any atom is -0.465 e. The summed E-state index contributed by atoms with van der Waals surface area (Å²) in [5.74, 6) is -0.0926. The Morgan fingerprint density at radius 2 is 2.33 bits per heavy atom. The minimum atomic E-state index is -0.103. The molecule has 0 aliphatic carbocycles. The number of esters is 1. The first kappa shape index (κ1) is 12.5. The summed E-state index contributed by atoms with van der Waals surface area (Å²) < 4.78 is 5.09. The summed E-state index contributed by atoms with van der Waals surface area (Å²) >= 11 is 0. The van der Waals surface area contributed by atoms with Crippen molar-refractivity contribution in [2.45, 2.75) is 39.3 Å². The number of hydrogen-bond acceptors (Lipinski definition) is 4. The predicted molar refractivity (Wildman–Crippen MR) is 59.7 cm³/mol. The number of rotatable bonds is 4. The van der Waals surface area contributed by atoms with E-state index in [1.165, 1.54) is 0 Å². The van der Waals surface area contributed by atoms with Crippen molar-refractivity contribution in [3.63, 3.8) is 0 Å². The Kier molecular flexibility index (Phi) is 5.05. The average molecular weight is 214 g/mol. The van der Waals surface area contributed by atoms with Crippen molar-refractivity contribution in [2.75, 3.05) is 26.2 Å². The molecule has 0 spiro atoms. The summed E-state index contributed by atoms with van der Waals surface area (Å²) in [4.78, 5) is 14.0. The molecule has 0 amide bonds. The van der Waals surface area contributed by atoms with E-state index in [1.54, 1.807) is 0 Å². The van der Waals surface area contributed by atoms with Gasteiger partial charge in [-0.15, -0.1) is 0 Å². The normalized spacial score (nSPS) is 24.9. The molecule has 1 aliphatic rings. The van der Waals surface area contributed by atoms with Gasteiger partial charge < -0.3 is 10.1 Å². The van der Waals surface area contributed by atoms with Crippen LogP contribution in [-0.2, 0) is 9.53 Å². The second kappa shape index (κ2) is 6.08. The fourth-order valence-electron chi connectivity index (χ4n) is 1.94. The number of nitrogens with zero attached hydrogens (tertiary/aromatic N) is 1. The second-order valence-corrected chi connectivity index (χ2v) is 3.97. The zero-order valence-corrected chi connectivity index (χ0v) is 9.95. The van der Waals surface area contributed by atoms with Gasteiger partial charge in [-0.1, -0.05) is 6.92 Å². The van der Waals surface area contributed by atoms with Gasteiger partial charge >= 0.3 is 5.97 Å². The Bertz CT molecular complexity index is 209. The predicted octanol–water partition coefficient (Wildman–Crippen LogP) is 0.622. The quantitative estimate of drug-likeness (QED) is 0.697. The maximum absolute atomic E-state index is 11.7. The summed E-state index contributed by atoms with van der Waals surface area (Å²) in [7, 11) is 0. The van der Waals surface area contributed by atoms with Crippen LogP contribution in [-0.4, -0.2) is 49.2 Å². The second-order valence-electron chi connectivity index (χ2n) is 3.97. The summed E-state index contributed by atoms with van der Waals surface area (Å²) in [5.41, 5.74) is 0. The van der Waals surface area contributed by atoms with Crippen molar-refractivity contribution in [3.8, 4) is 0 Å². The maximum Gasteiger partial charge on any atom is 0.324 e. The van der Waals surface area contributed by atoms with Gasteiger partial charge in [-0.2, -0.15) is 0 Å². The Morgan fingerprint density at radius 3 is 2.93 bits per heavy atom. The number of piperazine rings is 1. The number of carbonyl (C=O) groups is 1. The molecule has 0 aromatic heterocycles. The van der Waals surface area contributed by atoms with Crippen molar-refractivity contribution < 1.29 is 9.53 Å². The van der Waals surface area contributed by atoms with Gasteiger partial charge in [0.1, 0.15) is 6.04 Å². The molecule has 1 N–H and O–H groups in total. The van der Waals surface area contributed by atoms with Gasteiger partial charge in [-0.05, 0) is 20.3 Å². The average Bonchev–Trinajstić information content (AvgIpc) is 2.28. The first-order valence-corrected chi connectivity index (χ1v) is 5.83. The van der Waals surface area contributed by atoms with Crippen molar-refractivity contribution in [1.29, 1.82) is 0 Å². The molecule has 0 aromatic carbocycles. The summed E-state index contributed by atoms with van der Waals surface area (Å²) in [6, 6.07) is 0.343. The highest BCUT2D eigenvalue weighted by Crippen LogP contribution is 2.12. The van der Waals surface area contributed by atoms with E-state index in [0.29, 0.717) is 19.2 Å². The largest absolute Gasteiger partial charge is 0.465 e. The van der Waals surface area contributed by atoms with Crippen molar-refractivity contribution in [1.82, 2.24) is 10.2 Å². The van der Waals surface area contributed by atoms with E-state index in [9.17, 15) is 4.79 Å². The summed E-state index contributed by atoms with van der Waals surface area (Å²) in [5, 5.41) is 3.24. The van der Waals surface area contributed by atoms with Gasteiger partial charge in [-0.25, -0.2) is 0 Å². The number of carbonyl (C=O) groups excluding carboxylic acids is 1. The van der Waals surface area contributed by atoms with Crippen LogP contribution in [0, 0.1) is 0 Å². The Hall–Kier alpha value is -0.610. The van der Waals surface area contributed by atoms with Crippen LogP contribution < -0.4 is 5.32 Å². The third-order valence-corrected chi connectivity index (χ3v) is 3.00. The van der Waals surface area contributed by atoms with E-state index in [1.807, 2.05) is 6.92 Å². The fraction of sp³-hybridized carbons (Fsp3) is 0.909. The highest BCUT2D eigenvalue weighted by Gasteiger charge is 2.31. The molecule has 88 valence electrons. The van der Waals surface area contributed by atoms with Crippen LogP contribution in [0.3, 0.4) is 0 Å². The van der Waals surface area contributed by atoms with Crippen LogP contribution in [0.2, 0.25) is 0 Å². The first-order valence-electron chi connectivity index (χ1n) is 5.83. The van der Waals surface area contributed by atoms with E-state index in [-0.39, 0.29) is 12.0 Å². The van der Waals surface area contributed by atoms with Crippen LogP contribution >= 0.6 is 0 Å². The van der Waals surface area contributed by atoms with Crippen molar-refractivity contribution in [3.05, 3.63) is 0 Å². The molecule has 1 aliphatic heterocycles. The molecule has 2 atom stereocenters. The van der Waals surface area contributed by atoms with E-state index < -0.39 is 0 Å². The first-order chi connectivity index (χ1) is 7.20. The number of hydrogen-bond donors (Lipinski definition) is 1. The Morgan fingerprint density at radius 1 is 1.60 bits per heavy atom. The lowest BCUT2D eigenvalue weighted by molar-refractivity contribution is -0.151.